The molecule has 1 aliphatic heterocycles. The first-order valence-corrected chi connectivity index (χ1v) is 5.81. The van der Waals surface area contributed by atoms with E-state index >= 15 is 0 Å². The summed E-state index contributed by atoms with van der Waals surface area (Å²) in [5.74, 6) is -0.862. The summed E-state index contributed by atoms with van der Waals surface area (Å²) in [6, 6.07) is 0. The van der Waals surface area contributed by atoms with Crippen LogP contribution in [-0.4, -0.2) is 48.2 Å². The number of carboxylic acids is 1. The number of likely N-dealkylation sites (tertiary alicyclic amines) is 1. The van der Waals surface area contributed by atoms with Crippen LogP contribution in [0.3, 0.4) is 0 Å². The van der Waals surface area contributed by atoms with E-state index in [9.17, 15) is 9.59 Å². The van der Waals surface area contributed by atoms with Crippen LogP contribution in [0.4, 0.5) is 0 Å². The van der Waals surface area contributed by atoms with Gasteiger partial charge < -0.3 is 14.7 Å². The van der Waals surface area contributed by atoms with Crippen molar-refractivity contribution in [2.75, 3.05) is 20.2 Å². The van der Waals surface area contributed by atoms with Gasteiger partial charge in [-0.25, -0.2) is 0 Å². The van der Waals surface area contributed by atoms with Crippen molar-refractivity contribution in [2.24, 2.45) is 11.3 Å². The predicted molar refractivity (Wildman–Crippen MR) is 62.6 cm³/mol. The first-order chi connectivity index (χ1) is 7.77. The fourth-order valence-corrected chi connectivity index (χ4v) is 2.28. The van der Waals surface area contributed by atoms with Crippen LogP contribution in [0.5, 0.6) is 0 Å². The Balaban J connectivity index is 2.70. The van der Waals surface area contributed by atoms with E-state index in [-0.39, 0.29) is 23.7 Å². The fourth-order valence-electron chi connectivity index (χ4n) is 2.28. The van der Waals surface area contributed by atoms with Gasteiger partial charge in [0.05, 0.1) is 6.42 Å². The Morgan fingerprint density at radius 2 is 2.12 bits per heavy atom. The van der Waals surface area contributed by atoms with Crippen molar-refractivity contribution in [2.45, 2.75) is 33.3 Å². The van der Waals surface area contributed by atoms with Gasteiger partial charge in [0.2, 0.25) is 0 Å². The molecule has 0 aliphatic carbocycles. The van der Waals surface area contributed by atoms with E-state index in [1.165, 1.54) is 7.11 Å². The summed E-state index contributed by atoms with van der Waals surface area (Å²) >= 11 is 0. The summed E-state index contributed by atoms with van der Waals surface area (Å²) in [5, 5.41) is 8.86. The van der Waals surface area contributed by atoms with Crippen LogP contribution in [0.15, 0.2) is 0 Å². The third kappa shape index (κ3) is 3.19. The van der Waals surface area contributed by atoms with E-state index in [4.69, 9.17) is 9.84 Å². The van der Waals surface area contributed by atoms with Gasteiger partial charge in [-0.15, -0.1) is 0 Å². The molecule has 1 N–H and O–H groups in total. The fraction of sp³-hybridized carbons (Fsp3) is 0.833. The average molecular weight is 243 g/mol. The van der Waals surface area contributed by atoms with Crippen LogP contribution >= 0.6 is 0 Å². The minimum atomic E-state index is -0.808. The van der Waals surface area contributed by atoms with Crippen molar-refractivity contribution in [1.82, 2.24) is 4.90 Å². The molecule has 1 rings (SSSR count). The number of carboxylic acid groups (broad SMARTS) is 1. The Hall–Kier alpha value is -1.10. The molecule has 1 aliphatic rings. The molecule has 0 saturated carbocycles. The molecule has 0 spiro atoms. The van der Waals surface area contributed by atoms with Gasteiger partial charge >= 0.3 is 5.97 Å². The van der Waals surface area contributed by atoms with E-state index in [1.54, 1.807) is 11.8 Å². The summed E-state index contributed by atoms with van der Waals surface area (Å²) in [6.45, 7) is 6.82. The molecule has 0 aromatic rings. The van der Waals surface area contributed by atoms with Gasteiger partial charge in [-0.2, -0.15) is 0 Å². The van der Waals surface area contributed by atoms with Gasteiger partial charge in [0, 0.05) is 20.2 Å². The zero-order valence-corrected chi connectivity index (χ0v) is 10.9. The summed E-state index contributed by atoms with van der Waals surface area (Å²) in [6.07, 6.45) is -0.354. The maximum Gasteiger partial charge on any atom is 0.303 e. The standard InChI is InChI=1S/C12H21NO4/c1-8(17-4)11(16)13-6-9(5-10(14)15)12(2,3)7-13/h8-9H,5-7H2,1-4H3,(H,14,15). The van der Waals surface area contributed by atoms with Gasteiger partial charge in [0.1, 0.15) is 6.10 Å². The van der Waals surface area contributed by atoms with Crippen LogP contribution < -0.4 is 0 Å². The number of methoxy groups -OCH3 is 1. The van der Waals surface area contributed by atoms with Crippen molar-refractivity contribution in [3.8, 4) is 0 Å². The number of ether oxygens (including phenoxy) is 1. The average Bonchev–Trinajstić information content (AvgIpc) is 2.51. The monoisotopic (exact) mass is 243 g/mol. The molecule has 2 unspecified atom stereocenters. The predicted octanol–water partition coefficient (Wildman–Crippen LogP) is 0.981. The quantitative estimate of drug-likeness (QED) is 0.799. The number of aliphatic carboxylic acids is 1. The molecule has 0 radical (unpaired) electrons. The number of hydrogen-bond donors (Lipinski definition) is 1. The number of nitrogens with zero attached hydrogens (tertiary/aromatic N) is 1. The zero-order chi connectivity index (χ0) is 13.2. The molecule has 1 heterocycles. The Morgan fingerprint density at radius 3 is 2.59 bits per heavy atom. The molecule has 2 atom stereocenters. The summed E-state index contributed by atoms with van der Waals surface area (Å²) in [7, 11) is 1.50. The maximum absolute atomic E-state index is 11.9. The Morgan fingerprint density at radius 1 is 1.53 bits per heavy atom. The van der Waals surface area contributed by atoms with E-state index < -0.39 is 12.1 Å². The van der Waals surface area contributed by atoms with Crippen LogP contribution in [0, 0.1) is 11.3 Å². The topological polar surface area (TPSA) is 66.8 Å². The largest absolute Gasteiger partial charge is 0.481 e. The Bertz CT molecular complexity index is 314. The lowest BCUT2D eigenvalue weighted by atomic mass is 9.80. The lowest BCUT2D eigenvalue weighted by Gasteiger charge is -2.24. The minimum Gasteiger partial charge on any atom is -0.481 e. The van der Waals surface area contributed by atoms with Crippen molar-refractivity contribution in [3.63, 3.8) is 0 Å². The summed E-state index contributed by atoms with van der Waals surface area (Å²) in [5.41, 5.74) is -0.151. The van der Waals surface area contributed by atoms with Gasteiger partial charge in [-0.3, -0.25) is 9.59 Å². The van der Waals surface area contributed by atoms with E-state index in [0.29, 0.717) is 13.1 Å². The normalized spacial score (nSPS) is 24.7. The van der Waals surface area contributed by atoms with Crippen molar-refractivity contribution in [3.05, 3.63) is 0 Å². The minimum absolute atomic E-state index is 0.00741. The third-order valence-electron chi connectivity index (χ3n) is 3.58. The van der Waals surface area contributed by atoms with Crippen molar-refractivity contribution < 1.29 is 19.4 Å². The molecule has 0 aromatic heterocycles. The second-order valence-electron chi connectivity index (χ2n) is 5.38. The van der Waals surface area contributed by atoms with Gasteiger partial charge in [0.25, 0.3) is 5.91 Å². The van der Waals surface area contributed by atoms with Gasteiger partial charge in [-0.05, 0) is 18.3 Å². The summed E-state index contributed by atoms with van der Waals surface area (Å²) in [4.78, 5) is 24.4. The third-order valence-corrected chi connectivity index (χ3v) is 3.58. The lowest BCUT2D eigenvalue weighted by molar-refractivity contribution is -0.141. The SMILES string of the molecule is COC(C)C(=O)N1CC(CC(=O)O)C(C)(C)C1. The molecule has 17 heavy (non-hydrogen) atoms. The molecule has 5 heteroatoms. The second-order valence-corrected chi connectivity index (χ2v) is 5.38. The molecular weight excluding hydrogens is 222 g/mol. The van der Waals surface area contributed by atoms with Gasteiger partial charge in [0.15, 0.2) is 0 Å². The van der Waals surface area contributed by atoms with Crippen LogP contribution in [-0.2, 0) is 14.3 Å². The molecule has 1 amide bonds. The number of rotatable bonds is 4. The summed E-state index contributed by atoms with van der Waals surface area (Å²) < 4.78 is 5.00. The van der Waals surface area contributed by atoms with Crippen LogP contribution in [0.25, 0.3) is 0 Å². The Labute approximate surface area is 102 Å². The number of carbonyl (C=O) groups is 2. The lowest BCUT2D eigenvalue weighted by Crippen LogP contribution is -2.37. The molecule has 0 aromatic carbocycles. The number of carbonyl (C=O) groups excluding carboxylic acids is 1. The molecule has 0 bridgehead atoms. The smallest absolute Gasteiger partial charge is 0.303 e. The molecule has 98 valence electrons. The van der Waals surface area contributed by atoms with E-state index in [1.807, 2.05) is 13.8 Å². The van der Waals surface area contributed by atoms with E-state index in [0.717, 1.165) is 0 Å². The Kier molecular flexibility index (Phi) is 4.14. The highest BCUT2D eigenvalue weighted by atomic mass is 16.5. The first kappa shape index (κ1) is 14.0. The van der Waals surface area contributed by atoms with Crippen LogP contribution in [0.1, 0.15) is 27.2 Å². The highest BCUT2D eigenvalue weighted by Crippen LogP contribution is 2.37. The second kappa shape index (κ2) is 5.04. The van der Waals surface area contributed by atoms with Gasteiger partial charge in [-0.1, -0.05) is 13.8 Å². The zero-order valence-electron chi connectivity index (χ0n) is 10.9. The molecule has 1 fully saturated rings. The molecule has 1 saturated heterocycles. The van der Waals surface area contributed by atoms with Crippen molar-refractivity contribution >= 4 is 11.9 Å². The number of hydrogen-bond acceptors (Lipinski definition) is 3. The van der Waals surface area contributed by atoms with E-state index in [2.05, 4.69) is 0 Å². The van der Waals surface area contributed by atoms with Crippen molar-refractivity contribution in [1.29, 1.82) is 0 Å². The highest BCUT2D eigenvalue weighted by molar-refractivity contribution is 5.81. The molecular formula is C12H21NO4. The highest BCUT2D eigenvalue weighted by Gasteiger charge is 2.42. The first-order valence-electron chi connectivity index (χ1n) is 5.81. The number of amides is 1. The maximum atomic E-state index is 11.9. The molecule has 5 nitrogen and oxygen atoms in total. The van der Waals surface area contributed by atoms with Crippen LogP contribution in [0.2, 0.25) is 0 Å².